The Morgan fingerprint density at radius 1 is 1.06 bits per heavy atom. The van der Waals surface area contributed by atoms with E-state index in [9.17, 15) is 19.5 Å². The molecule has 35 heavy (non-hydrogen) atoms. The van der Waals surface area contributed by atoms with E-state index in [4.69, 9.17) is 9.47 Å². The second-order valence-electron chi connectivity index (χ2n) is 8.16. The lowest BCUT2D eigenvalue weighted by Crippen LogP contribution is -2.29. The Labute approximate surface area is 206 Å². The van der Waals surface area contributed by atoms with Gasteiger partial charge in [0, 0.05) is 5.56 Å². The van der Waals surface area contributed by atoms with E-state index >= 15 is 0 Å². The zero-order chi connectivity index (χ0) is 25.4. The predicted octanol–water partition coefficient (Wildman–Crippen LogP) is 4.49. The highest BCUT2D eigenvalue weighted by Crippen LogP contribution is 2.44. The first-order chi connectivity index (χ1) is 16.7. The summed E-state index contributed by atoms with van der Waals surface area (Å²) in [6.45, 7) is 5.33. The maximum Gasteiger partial charge on any atom is 0.350 e. The van der Waals surface area contributed by atoms with Gasteiger partial charge in [-0.3, -0.25) is 14.5 Å². The van der Waals surface area contributed by atoms with E-state index in [0.717, 1.165) is 16.9 Å². The van der Waals surface area contributed by atoms with E-state index in [1.165, 1.54) is 19.1 Å². The van der Waals surface area contributed by atoms with Crippen LogP contribution in [0.2, 0.25) is 0 Å². The van der Waals surface area contributed by atoms with Gasteiger partial charge in [-0.15, -0.1) is 0 Å². The fraction of sp³-hybridized carbons (Fsp3) is 0.231. The summed E-state index contributed by atoms with van der Waals surface area (Å²) in [4.78, 5) is 44.7. The number of Topliss-reactive ketones (excluding diaryl/α,β-unsaturated/α-hetero) is 1. The summed E-state index contributed by atoms with van der Waals surface area (Å²) in [5.41, 5.74) is 3.03. The summed E-state index contributed by atoms with van der Waals surface area (Å²) < 4.78 is 10.1. The number of carbonyl (C=O) groups excluding carboxylic acids is 3. The second-order valence-corrected chi connectivity index (χ2v) is 9.14. The first-order valence-electron chi connectivity index (χ1n) is 10.8. The lowest BCUT2D eigenvalue weighted by Gasteiger charge is -2.23. The summed E-state index contributed by atoms with van der Waals surface area (Å²) >= 11 is 0.961. The van der Waals surface area contributed by atoms with Crippen molar-refractivity contribution in [2.45, 2.75) is 26.8 Å². The number of ether oxygens (including phenoxy) is 2. The number of thiazole rings is 1. The van der Waals surface area contributed by atoms with Crippen molar-refractivity contribution in [2.24, 2.45) is 0 Å². The molecule has 0 bridgehead atoms. The Balaban J connectivity index is 1.94. The standard InChI is InChI=1S/C26H24N2O6S/c1-13-6-8-16(9-7-13)20-19(21(29)18-11-10-17(33-4)12-14(18)2)22(30)24(31)28(20)26-27-15(3)23(35-26)25(32)34-5/h6-12,20,29H,1-5H3. The molecule has 1 fully saturated rings. The van der Waals surface area contributed by atoms with Crippen LogP contribution in [-0.4, -0.2) is 42.0 Å². The Morgan fingerprint density at radius 2 is 1.74 bits per heavy atom. The summed E-state index contributed by atoms with van der Waals surface area (Å²) in [7, 11) is 2.80. The zero-order valence-electron chi connectivity index (χ0n) is 19.9. The van der Waals surface area contributed by atoms with Gasteiger partial charge in [0.05, 0.1) is 31.5 Å². The second kappa shape index (κ2) is 9.34. The Kier molecular flexibility index (Phi) is 6.45. The maximum absolute atomic E-state index is 13.3. The third-order valence-electron chi connectivity index (χ3n) is 5.89. The highest BCUT2D eigenvalue weighted by atomic mass is 32.1. The topological polar surface area (TPSA) is 106 Å². The number of anilines is 1. The smallest absolute Gasteiger partial charge is 0.350 e. The molecule has 3 aromatic rings. The molecule has 1 saturated heterocycles. The largest absolute Gasteiger partial charge is 0.507 e. The number of hydrogen-bond acceptors (Lipinski definition) is 8. The van der Waals surface area contributed by atoms with E-state index in [0.29, 0.717) is 28.1 Å². The number of aliphatic hydroxyl groups is 1. The predicted molar refractivity (Wildman–Crippen MR) is 132 cm³/mol. The number of benzene rings is 2. The molecule has 8 nitrogen and oxygen atoms in total. The number of rotatable bonds is 5. The van der Waals surface area contributed by atoms with E-state index < -0.39 is 23.7 Å². The fourth-order valence-electron chi connectivity index (χ4n) is 4.04. The molecule has 4 rings (SSSR count). The van der Waals surface area contributed by atoms with Crippen LogP contribution in [0.4, 0.5) is 5.13 Å². The van der Waals surface area contributed by atoms with Crippen LogP contribution in [0, 0.1) is 20.8 Å². The maximum atomic E-state index is 13.3. The van der Waals surface area contributed by atoms with Gasteiger partial charge in [0.25, 0.3) is 5.78 Å². The molecule has 0 spiro atoms. The summed E-state index contributed by atoms with van der Waals surface area (Å²) in [6, 6.07) is 11.4. The third kappa shape index (κ3) is 4.19. The van der Waals surface area contributed by atoms with Crippen LogP contribution in [0.5, 0.6) is 5.75 Å². The molecule has 0 aliphatic carbocycles. The van der Waals surface area contributed by atoms with E-state index in [-0.39, 0.29) is 21.3 Å². The number of esters is 1. The van der Waals surface area contributed by atoms with Gasteiger partial charge in [0.1, 0.15) is 16.4 Å². The number of aromatic nitrogens is 1. The number of carbonyl (C=O) groups is 3. The van der Waals surface area contributed by atoms with Crippen molar-refractivity contribution in [1.29, 1.82) is 0 Å². The van der Waals surface area contributed by atoms with Crippen molar-refractivity contribution >= 4 is 39.9 Å². The Hall–Kier alpha value is -3.98. The molecule has 2 aromatic carbocycles. The van der Waals surface area contributed by atoms with Gasteiger partial charge >= 0.3 is 11.9 Å². The molecule has 0 radical (unpaired) electrons. The van der Waals surface area contributed by atoms with E-state index in [2.05, 4.69) is 4.98 Å². The number of nitrogens with zero attached hydrogens (tertiary/aromatic N) is 2. The quantitative estimate of drug-likeness (QED) is 0.242. The third-order valence-corrected chi connectivity index (χ3v) is 7.03. The van der Waals surface area contributed by atoms with Crippen molar-refractivity contribution in [2.75, 3.05) is 19.1 Å². The molecular weight excluding hydrogens is 468 g/mol. The molecule has 1 aliphatic rings. The first kappa shape index (κ1) is 24.2. The number of amides is 1. The van der Waals surface area contributed by atoms with E-state index in [1.54, 1.807) is 44.2 Å². The molecule has 9 heteroatoms. The Morgan fingerprint density at radius 3 is 2.34 bits per heavy atom. The summed E-state index contributed by atoms with van der Waals surface area (Å²) in [6.07, 6.45) is 0. The van der Waals surface area contributed by atoms with Gasteiger partial charge in [-0.1, -0.05) is 41.2 Å². The zero-order valence-corrected chi connectivity index (χ0v) is 20.7. The van der Waals surface area contributed by atoms with Crippen LogP contribution < -0.4 is 9.64 Å². The fourth-order valence-corrected chi connectivity index (χ4v) is 5.05. The Bertz CT molecular complexity index is 1370. The molecule has 1 aliphatic heterocycles. The number of hydrogen-bond donors (Lipinski definition) is 1. The monoisotopic (exact) mass is 492 g/mol. The molecule has 2 heterocycles. The van der Waals surface area contributed by atoms with Crippen LogP contribution in [0.3, 0.4) is 0 Å². The van der Waals surface area contributed by atoms with Crippen molar-refractivity contribution < 1.29 is 29.0 Å². The molecule has 1 unspecified atom stereocenters. The molecule has 180 valence electrons. The number of ketones is 1. The number of methoxy groups -OCH3 is 2. The highest BCUT2D eigenvalue weighted by molar-refractivity contribution is 7.17. The van der Waals surface area contributed by atoms with Crippen molar-refractivity contribution in [1.82, 2.24) is 4.98 Å². The minimum atomic E-state index is -0.937. The van der Waals surface area contributed by atoms with Gasteiger partial charge in [0.2, 0.25) is 0 Å². The van der Waals surface area contributed by atoms with Gasteiger partial charge in [0.15, 0.2) is 5.13 Å². The molecular formula is C26H24N2O6S. The lowest BCUT2D eigenvalue weighted by atomic mass is 9.93. The SMILES string of the molecule is COC(=O)c1sc(N2C(=O)C(=O)C(=C(O)c3ccc(OC)cc3C)C2c2ccc(C)cc2)nc1C. The highest BCUT2D eigenvalue weighted by Gasteiger charge is 2.48. The molecule has 1 amide bonds. The molecule has 0 saturated carbocycles. The molecule has 1 atom stereocenters. The van der Waals surface area contributed by atoms with Gasteiger partial charge in [-0.05, 0) is 50.1 Å². The van der Waals surface area contributed by atoms with Gasteiger partial charge < -0.3 is 14.6 Å². The van der Waals surface area contributed by atoms with Gasteiger partial charge in [-0.2, -0.15) is 0 Å². The van der Waals surface area contributed by atoms with Crippen LogP contribution in [-0.2, 0) is 14.3 Å². The first-order valence-corrected chi connectivity index (χ1v) is 11.6. The van der Waals surface area contributed by atoms with Crippen molar-refractivity contribution in [3.05, 3.63) is 80.9 Å². The number of aryl methyl sites for hydroxylation is 3. The van der Waals surface area contributed by atoms with Gasteiger partial charge in [-0.25, -0.2) is 9.78 Å². The van der Waals surface area contributed by atoms with Crippen molar-refractivity contribution in [3.63, 3.8) is 0 Å². The molecule has 1 N–H and O–H groups in total. The average molecular weight is 493 g/mol. The van der Waals surface area contributed by atoms with Crippen LogP contribution in [0.25, 0.3) is 5.76 Å². The summed E-state index contributed by atoms with van der Waals surface area (Å²) in [5, 5.41) is 11.5. The summed E-state index contributed by atoms with van der Waals surface area (Å²) in [5.74, 6) is -1.95. The average Bonchev–Trinajstić information content (AvgIpc) is 3.35. The van der Waals surface area contributed by atoms with Crippen LogP contribution >= 0.6 is 11.3 Å². The minimum Gasteiger partial charge on any atom is -0.507 e. The normalized spacial score (nSPS) is 17.1. The van der Waals surface area contributed by atoms with E-state index in [1.807, 2.05) is 19.1 Å². The van der Waals surface area contributed by atoms with Crippen LogP contribution in [0.1, 0.15) is 43.7 Å². The lowest BCUT2D eigenvalue weighted by molar-refractivity contribution is -0.132. The van der Waals surface area contributed by atoms with Crippen molar-refractivity contribution in [3.8, 4) is 5.75 Å². The molecule has 1 aromatic heterocycles. The number of aliphatic hydroxyl groups excluding tert-OH is 1. The van der Waals surface area contributed by atoms with Crippen LogP contribution in [0.15, 0.2) is 48.0 Å². The minimum absolute atomic E-state index is 0.0559.